The zero-order chi connectivity index (χ0) is 14.0. The van der Waals surface area contributed by atoms with Crippen LogP contribution in [0.3, 0.4) is 0 Å². The smallest absolute Gasteiger partial charge is 0.356 e. The Labute approximate surface area is 112 Å². The van der Waals surface area contributed by atoms with Crippen LogP contribution in [0, 0.1) is 6.92 Å². The number of aromatic nitrogens is 2. The van der Waals surface area contributed by atoms with Gasteiger partial charge in [-0.15, -0.1) is 0 Å². The molecule has 1 aromatic carbocycles. The fourth-order valence-electron chi connectivity index (χ4n) is 2.08. The molecule has 1 aromatic heterocycles. The van der Waals surface area contributed by atoms with E-state index in [0.717, 1.165) is 11.3 Å². The lowest BCUT2D eigenvalue weighted by Crippen LogP contribution is -2.09. The van der Waals surface area contributed by atoms with Gasteiger partial charge in [-0.05, 0) is 30.0 Å². The fourth-order valence-corrected chi connectivity index (χ4v) is 2.08. The summed E-state index contributed by atoms with van der Waals surface area (Å²) in [7, 11) is 0. The van der Waals surface area contributed by atoms with Gasteiger partial charge in [0.15, 0.2) is 5.69 Å². The number of aryl methyl sites for hydroxylation is 1. The van der Waals surface area contributed by atoms with Gasteiger partial charge in [0.2, 0.25) is 0 Å². The van der Waals surface area contributed by atoms with Crippen molar-refractivity contribution in [3.8, 4) is 0 Å². The first-order chi connectivity index (χ1) is 8.99. The largest absolute Gasteiger partial charge is 0.476 e. The second kappa shape index (κ2) is 5.26. The number of carboxylic acids is 1. The quantitative estimate of drug-likeness (QED) is 0.917. The molecule has 0 amide bonds. The molecular formula is C15H18N2O2. The van der Waals surface area contributed by atoms with Gasteiger partial charge in [0, 0.05) is 5.69 Å². The van der Waals surface area contributed by atoms with Crippen molar-refractivity contribution in [2.75, 3.05) is 0 Å². The minimum Gasteiger partial charge on any atom is -0.476 e. The van der Waals surface area contributed by atoms with Crippen molar-refractivity contribution < 1.29 is 9.90 Å². The highest BCUT2D eigenvalue weighted by Crippen LogP contribution is 2.18. The molecule has 0 atom stereocenters. The molecule has 2 rings (SSSR count). The molecule has 19 heavy (non-hydrogen) atoms. The monoisotopic (exact) mass is 258 g/mol. The first-order valence-electron chi connectivity index (χ1n) is 6.34. The van der Waals surface area contributed by atoms with E-state index in [-0.39, 0.29) is 11.6 Å². The Kier molecular flexibility index (Phi) is 3.69. The highest BCUT2D eigenvalue weighted by molar-refractivity contribution is 5.85. The molecule has 0 bridgehead atoms. The van der Waals surface area contributed by atoms with Gasteiger partial charge in [0.1, 0.15) is 0 Å². The van der Waals surface area contributed by atoms with E-state index in [4.69, 9.17) is 5.11 Å². The molecule has 0 saturated carbocycles. The molecule has 0 aliphatic rings. The fraction of sp³-hybridized carbons (Fsp3) is 0.333. The van der Waals surface area contributed by atoms with E-state index in [9.17, 15) is 4.79 Å². The van der Waals surface area contributed by atoms with Crippen LogP contribution in [0.4, 0.5) is 0 Å². The molecule has 1 N–H and O–H groups in total. The van der Waals surface area contributed by atoms with Crippen LogP contribution in [0.5, 0.6) is 0 Å². The Balaban J connectivity index is 2.39. The van der Waals surface area contributed by atoms with Crippen molar-refractivity contribution >= 4 is 5.97 Å². The molecule has 0 spiro atoms. The molecular weight excluding hydrogens is 240 g/mol. The summed E-state index contributed by atoms with van der Waals surface area (Å²) in [6, 6.07) is 9.73. The van der Waals surface area contributed by atoms with Crippen molar-refractivity contribution in [1.82, 2.24) is 9.78 Å². The zero-order valence-corrected chi connectivity index (χ0v) is 11.4. The Hall–Kier alpha value is -2.10. The number of hydrogen-bond acceptors (Lipinski definition) is 2. The van der Waals surface area contributed by atoms with Gasteiger partial charge in [-0.3, -0.25) is 4.68 Å². The normalized spacial score (nSPS) is 10.9. The number of nitrogens with zero attached hydrogens (tertiary/aromatic N) is 2. The van der Waals surface area contributed by atoms with Crippen LogP contribution in [0.2, 0.25) is 0 Å². The van der Waals surface area contributed by atoms with E-state index in [2.05, 4.69) is 5.10 Å². The third-order valence-electron chi connectivity index (χ3n) is 3.20. The molecule has 0 fully saturated rings. The predicted octanol–water partition coefficient (Wildman–Crippen LogP) is 3.06. The van der Waals surface area contributed by atoms with Crippen molar-refractivity contribution in [3.63, 3.8) is 0 Å². The number of rotatable bonds is 4. The first-order valence-corrected chi connectivity index (χ1v) is 6.34. The Bertz CT molecular complexity index is 600. The Morgan fingerprint density at radius 1 is 1.37 bits per heavy atom. The molecule has 0 aliphatic heterocycles. The minimum atomic E-state index is -0.981. The van der Waals surface area contributed by atoms with Crippen LogP contribution >= 0.6 is 0 Å². The van der Waals surface area contributed by atoms with Crippen LogP contribution in [0.1, 0.15) is 47.1 Å². The number of hydrogen-bond donors (Lipinski definition) is 1. The molecule has 4 nitrogen and oxygen atoms in total. The van der Waals surface area contributed by atoms with Gasteiger partial charge < -0.3 is 5.11 Å². The van der Waals surface area contributed by atoms with E-state index in [1.165, 1.54) is 5.56 Å². The molecule has 100 valence electrons. The average molecular weight is 258 g/mol. The lowest BCUT2D eigenvalue weighted by molar-refractivity contribution is 0.0689. The average Bonchev–Trinajstić information content (AvgIpc) is 2.76. The van der Waals surface area contributed by atoms with Crippen LogP contribution in [-0.2, 0) is 6.54 Å². The van der Waals surface area contributed by atoms with Gasteiger partial charge in [0.25, 0.3) is 0 Å². The van der Waals surface area contributed by atoms with Crippen molar-refractivity contribution in [1.29, 1.82) is 0 Å². The van der Waals surface area contributed by atoms with E-state index in [0.29, 0.717) is 6.54 Å². The van der Waals surface area contributed by atoms with Crippen LogP contribution < -0.4 is 0 Å². The van der Waals surface area contributed by atoms with Gasteiger partial charge in [0.05, 0.1) is 6.54 Å². The highest BCUT2D eigenvalue weighted by atomic mass is 16.4. The molecule has 0 aliphatic carbocycles. The molecule has 2 aromatic rings. The number of benzene rings is 1. The second-order valence-corrected chi connectivity index (χ2v) is 5.00. The van der Waals surface area contributed by atoms with E-state index < -0.39 is 5.97 Å². The Morgan fingerprint density at radius 2 is 2.05 bits per heavy atom. The summed E-state index contributed by atoms with van der Waals surface area (Å²) in [5.74, 6) is -0.741. The van der Waals surface area contributed by atoms with Gasteiger partial charge in [-0.25, -0.2) is 4.79 Å². The van der Waals surface area contributed by atoms with Crippen LogP contribution in [0.25, 0.3) is 0 Å². The maximum absolute atomic E-state index is 11.0. The molecule has 1 heterocycles. The lowest BCUT2D eigenvalue weighted by atomic mass is 10.1. The highest BCUT2D eigenvalue weighted by Gasteiger charge is 2.15. The summed E-state index contributed by atoms with van der Waals surface area (Å²) in [5.41, 5.74) is 3.40. The van der Waals surface area contributed by atoms with Crippen molar-refractivity contribution in [2.24, 2.45) is 0 Å². The maximum atomic E-state index is 11.0. The maximum Gasteiger partial charge on any atom is 0.356 e. The van der Waals surface area contributed by atoms with Crippen molar-refractivity contribution in [3.05, 3.63) is 52.8 Å². The predicted molar refractivity (Wildman–Crippen MR) is 73.6 cm³/mol. The zero-order valence-electron chi connectivity index (χ0n) is 11.4. The number of aromatic carboxylic acids is 1. The third kappa shape index (κ3) is 2.84. The summed E-state index contributed by atoms with van der Waals surface area (Å²) in [5, 5.41) is 13.2. The van der Waals surface area contributed by atoms with Gasteiger partial charge >= 0.3 is 5.97 Å². The van der Waals surface area contributed by atoms with Gasteiger partial charge in [-0.1, -0.05) is 38.1 Å². The number of carbonyl (C=O) groups is 1. The molecule has 4 heteroatoms. The summed E-state index contributed by atoms with van der Waals surface area (Å²) < 4.78 is 1.79. The van der Waals surface area contributed by atoms with Crippen molar-refractivity contribution in [2.45, 2.75) is 33.2 Å². The standard InChI is InChI=1S/C15H18N2O2/c1-10(2)14-8-13(15(18)19)16-17(14)9-12-7-5-4-6-11(12)3/h4-8,10H,9H2,1-3H3,(H,18,19). The second-order valence-electron chi connectivity index (χ2n) is 5.00. The van der Waals surface area contributed by atoms with Gasteiger partial charge in [-0.2, -0.15) is 5.10 Å². The summed E-state index contributed by atoms with van der Waals surface area (Å²) in [6.45, 7) is 6.73. The topological polar surface area (TPSA) is 55.1 Å². The SMILES string of the molecule is Cc1ccccc1Cn1nc(C(=O)O)cc1C(C)C. The van der Waals surface area contributed by atoms with E-state index in [1.54, 1.807) is 10.7 Å². The van der Waals surface area contributed by atoms with Crippen LogP contribution in [-0.4, -0.2) is 20.9 Å². The van der Waals surface area contributed by atoms with E-state index >= 15 is 0 Å². The number of carboxylic acid groups (broad SMARTS) is 1. The summed E-state index contributed by atoms with van der Waals surface area (Å²) >= 11 is 0. The first kappa shape index (κ1) is 13.3. The molecule has 0 unspecified atom stereocenters. The summed E-state index contributed by atoms with van der Waals surface area (Å²) in [4.78, 5) is 11.0. The molecule has 0 radical (unpaired) electrons. The summed E-state index contributed by atoms with van der Waals surface area (Å²) in [6.07, 6.45) is 0. The Morgan fingerprint density at radius 3 is 2.63 bits per heavy atom. The lowest BCUT2D eigenvalue weighted by Gasteiger charge is -2.11. The van der Waals surface area contributed by atoms with Crippen LogP contribution in [0.15, 0.2) is 30.3 Å². The van der Waals surface area contributed by atoms with E-state index in [1.807, 2.05) is 45.0 Å². The third-order valence-corrected chi connectivity index (χ3v) is 3.20. The molecule has 0 saturated heterocycles. The minimum absolute atomic E-state index is 0.109.